The molecule has 0 bridgehead atoms. The molecule has 3 nitrogen and oxygen atoms in total. The molecule has 16 heavy (non-hydrogen) atoms. The number of Topliss-reactive ketones (excluding diaryl/α,β-unsaturated/α-hetero) is 1. The first-order valence-electron chi connectivity index (χ1n) is 6.01. The number of carboxylic acid groups (broad SMARTS) is 1. The summed E-state index contributed by atoms with van der Waals surface area (Å²) in [6.45, 7) is 1.97. The fraction of sp³-hybridized carbons (Fsp3) is 0.692. The second-order valence-corrected chi connectivity index (χ2v) is 5.09. The number of allylic oxidation sites excluding steroid dienone is 2. The number of rotatable bonds is 2. The van der Waals surface area contributed by atoms with Crippen LogP contribution in [0.2, 0.25) is 0 Å². The molecule has 1 N–H and O–H groups in total. The number of ketones is 1. The van der Waals surface area contributed by atoms with Gasteiger partial charge in [0.15, 0.2) is 0 Å². The third kappa shape index (κ3) is 2.04. The van der Waals surface area contributed by atoms with Crippen molar-refractivity contribution in [3.05, 3.63) is 12.2 Å². The van der Waals surface area contributed by atoms with Gasteiger partial charge in [0.25, 0.3) is 0 Å². The van der Waals surface area contributed by atoms with Gasteiger partial charge in [0, 0.05) is 11.8 Å². The lowest BCUT2D eigenvalue weighted by Gasteiger charge is -2.39. The van der Waals surface area contributed by atoms with Crippen LogP contribution in [0.3, 0.4) is 0 Å². The summed E-state index contributed by atoms with van der Waals surface area (Å²) < 4.78 is 0. The van der Waals surface area contributed by atoms with Gasteiger partial charge in [-0.2, -0.15) is 0 Å². The van der Waals surface area contributed by atoms with E-state index in [1.54, 1.807) is 0 Å². The van der Waals surface area contributed by atoms with Gasteiger partial charge in [0.05, 0.1) is 6.42 Å². The molecule has 0 unspecified atom stereocenters. The van der Waals surface area contributed by atoms with E-state index in [9.17, 15) is 9.59 Å². The third-order valence-electron chi connectivity index (χ3n) is 3.99. The second-order valence-electron chi connectivity index (χ2n) is 5.09. The molecule has 2 aliphatic carbocycles. The van der Waals surface area contributed by atoms with Crippen molar-refractivity contribution in [3.63, 3.8) is 0 Å². The maximum Gasteiger partial charge on any atom is 0.303 e. The molecular weight excluding hydrogens is 204 g/mol. The smallest absolute Gasteiger partial charge is 0.303 e. The Bertz CT molecular complexity index is 332. The fourth-order valence-electron chi connectivity index (χ4n) is 3.12. The predicted molar refractivity (Wildman–Crippen MR) is 59.9 cm³/mol. The minimum atomic E-state index is -0.804. The highest BCUT2D eigenvalue weighted by Gasteiger charge is 2.41. The zero-order valence-corrected chi connectivity index (χ0v) is 9.56. The van der Waals surface area contributed by atoms with Gasteiger partial charge < -0.3 is 5.11 Å². The average molecular weight is 222 g/mol. The van der Waals surface area contributed by atoms with Crippen LogP contribution in [0, 0.1) is 23.7 Å². The van der Waals surface area contributed by atoms with Crippen molar-refractivity contribution in [1.82, 2.24) is 0 Å². The van der Waals surface area contributed by atoms with E-state index in [0.717, 1.165) is 19.3 Å². The fourth-order valence-corrected chi connectivity index (χ4v) is 3.12. The maximum absolute atomic E-state index is 12.1. The minimum Gasteiger partial charge on any atom is -0.481 e. The number of fused-ring (bicyclic) bond motifs is 1. The van der Waals surface area contributed by atoms with Gasteiger partial charge in [0.2, 0.25) is 0 Å². The zero-order chi connectivity index (χ0) is 11.7. The number of aliphatic carboxylic acids is 1. The second kappa shape index (κ2) is 4.40. The highest BCUT2D eigenvalue weighted by Crippen LogP contribution is 2.41. The first-order chi connectivity index (χ1) is 7.59. The summed E-state index contributed by atoms with van der Waals surface area (Å²) in [5, 5.41) is 8.86. The summed E-state index contributed by atoms with van der Waals surface area (Å²) in [6, 6.07) is 0. The van der Waals surface area contributed by atoms with Gasteiger partial charge in [-0.15, -0.1) is 0 Å². The summed E-state index contributed by atoms with van der Waals surface area (Å²) in [5.41, 5.74) is 0. The molecule has 0 aliphatic heterocycles. The number of hydrogen-bond acceptors (Lipinski definition) is 2. The van der Waals surface area contributed by atoms with Crippen molar-refractivity contribution in [2.24, 2.45) is 23.7 Å². The molecule has 0 aromatic rings. The molecule has 2 aliphatic rings. The topological polar surface area (TPSA) is 54.4 Å². The van der Waals surface area contributed by atoms with E-state index in [1.165, 1.54) is 0 Å². The van der Waals surface area contributed by atoms with E-state index in [2.05, 4.69) is 6.08 Å². The van der Waals surface area contributed by atoms with Crippen LogP contribution in [0.5, 0.6) is 0 Å². The molecule has 0 heterocycles. The molecule has 0 saturated heterocycles. The lowest BCUT2D eigenvalue weighted by molar-refractivity contribution is -0.140. The Morgan fingerprint density at radius 3 is 2.94 bits per heavy atom. The van der Waals surface area contributed by atoms with Crippen LogP contribution in [-0.4, -0.2) is 16.9 Å². The Morgan fingerprint density at radius 2 is 2.25 bits per heavy atom. The van der Waals surface area contributed by atoms with E-state index in [-0.39, 0.29) is 30.0 Å². The summed E-state index contributed by atoms with van der Waals surface area (Å²) in [7, 11) is 0. The standard InChI is InChI=1S/C13H18O3/c1-8-5-6-9-3-2-4-10(7-11(14)15)12(9)13(8)16/h2,4,8-10,12H,3,5-7H2,1H3,(H,14,15)/t8-,9+,10-,12+/m0/s1. The van der Waals surface area contributed by atoms with Crippen molar-refractivity contribution < 1.29 is 14.7 Å². The van der Waals surface area contributed by atoms with Crippen molar-refractivity contribution in [2.75, 3.05) is 0 Å². The van der Waals surface area contributed by atoms with Gasteiger partial charge in [-0.3, -0.25) is 9.59 Å². The predicted octanol–water partition coefficient (Wildman–Crippen LogP) is 2.27. The largest absolute Gasteiger partial charge is 0.481 e. The Morgan fingerprint density at radius 1 is 1.50 bits per heavy atom. The van der Waals surface area contributed by atoms with Crippen LogP contribution in [0.15, 0.2) is 12.2 Å². The van der Waals surface area contributed by atoms with Crippen LogP contribution in [0.25, 0.3) is 0 Å². The van der Waals surface area contributed by atoms with Crippen molar-refractivity contribution >= 4 is 11.8 Å². The monoisotopic (exact) mass is 222 g/mol. The molecular formula is C13H18O3. The first kappa shape index (κ1) is 11.4. The zero-order valence-electron chi connectivity index (χ0n) is 9.56. The van der Waals surface area contributed by atoms with Crippen LogP contribution in [-0.2, 0) is 9.59 Å². The molecule has 2 rings (SSSR count). The summed E-state index contributed by atoms with van der Waals surface area (Å²) in [6.07, 6.45) is 7.06. The summed E-state index contributed by atoms with van der Waals surface area (Å²) in [4.78, 5) is 22.9. The molecule has 1 fully saturated rings. The van der Waals surface area contributed by atoms with E-state index in [0.29, 0.717) is 5.92 Å². The lowest BCUT2D eigenvalue weighted by Crippen LogP contribution is -2.40. The Hall–Kier alpha value is -1.12. The van der Waals surface area contributed by atoms with Crippen LogP contribution in [0.4, 0.5) is 0 Å². The van der Waals surface area contributed by atoms with Crippen molar-refractivity contribution in [3.8, 4) is 0 Å². The number of carboxylic acids is 1. The van der Waals surface area contributed by atoms with Gasteiger partial charge >= 0.3 is 5.97 Å². The molecule has 0 spiro atoms. The molecule has 88 valence electrons. The van der Waals surface area contributed by atoms with Crippen LogP contribution < -0.4 is 0 Å². The summed E-state index contributed by atoms with van der Waals surface area (Å²) >= 11 is 0. The van der Waals surface area contributed by atoms with Gasteiger partial charge in [0.1, 0.15) is 5.78 Å². The minimum absolute atomic E-state index is 0.0372. The Balaban J connectivity index is 2.18. The van der Waals surface area contributed by atoms with E-state index < -0.39 is 5.97 Å². The molecule has 0 aromatic carbocycles. The van der Waals surface area contributed by atoms with Crippen LogP contribution >= 0.6 is 0 Å². The number of hydrogen-bond donors (Lipinski definition) is 1. The van der Waals surface area contributed by atoms with E-state index in [4.69, 9.17) is 5.11 Å². The SMILES string of the molecule is C[C@H]1CC[C@H]2CC=C[C@@H](CC(=O)O)[C@@H]2C1=O. The summed E-state index contributed by atoms with van der Waals surface area (Å²) in [5.74, 6) is -0.133. The highest BCUT2D eigenvalue weighted by atomic mass is 16.4. The molecule has 0 aromatic heterocycles. The quantitative estimate of drug-likeness (QED) is 0.729. The van der Waals surface area contributed by atoms with Gasteiger partial charge in [-0.05, 0) is 31.1 Å². The van der Waals surface area contributed by atoms with Crippen molar-refractivity contribution in [1.29, 1.82) is 0 Å². The van der Waals surface area contributed by atoms with Gasteiger partial charge in [-0.1, -0.05) is 19.1 Å². The number of carbonyl (C=O) groups excluding carboxylic acids is 1. The molecule has 1 saturated carbocycles. The first-order valence-corrected chi connectivity index (χ1v) is 6.01. The highest BCUT2D eigenvalue weighted by molar-refractivity contribution is 5.85. The van der Waals surface area contributed by atoms with Crippen molar-refractivity contribution in [2.45, 2.75) is 32.6 Å². The lowest BCUT2D eigenvalue weighted by atomic mass is 9.64. The molecule has 3 heteroatoms. The van der Waals surface area contributed by atoms with Gasteiger partial charge in [-0.25, -0.2) is 0 Å². The average Bonchev–Trinajstić information content (AvgIpc) is 2.23. The third-order valence-corrected chi connectivity index (χ3v) is 3.99. The normalized spacial score (nSPS) is 38.2. The molecule has 0 radical (unpaired) electrons. The molecule has 0 amide bonds. The van der Waals surface area contributed by atoms with Crippen LogP contribution in [0.1, 0.15) is 32.6 Å². The molecule has 4 atom stereocenters. The Labute approximate surface area is 95.5 Å². The Kier molecular flexibility index (Phi) is 3.13. The number of carbonyl (C=O) groups is 2. The van der Waals surface area contributed by atoms with E-state index in [1.807, 2.05) is 13.0 Å². The maximum atomic E-state index is 12.1. The van der Waals surface area contributed by atoms with E-state index >= 15 is 0 Å².